The molecule has 0 radical (unpaired) electrons. The first-order chi connectivity index (χ1) is 7.65. The van der Waals surface area contributed by atoms with Gasteiger partial charge in [0.15, 0.2) is 0 Å². The number of nitrogens with one attached hydrogen (secondary N) is 1. The van der Waals surface area contributed by atoms with Crippen molar-refractivity contribution in [3.05, 3.63) is 23.7 Å². The molecule has 1 aromatic heterocycles. The number of carboxylic acid groups (broad SMARTS) is 1. The summed E-state index contributed by atoms with van der Waals surface area (Å²) in [5, 5.41) is 21.1. The Balaban J connectivity index is 2.32. The summed E-state index contributed by atoms with van der Waals surface area (Å²) in [7, 11) is 0. The van der Waals surface area contributed by atoms with Crippen LogP contribution in [0.25, 0.3) is 0 Å². The standard InChI is InChI=1S/C11H17NO4/c1-2-8(13)3-5-12-7-10-9(11(14)15)4-6-16-10/h4,6,8,12-13H,2-3,5,7H2,1H3,(H,14,15). The highest BCUT2D eigenvalue weighted by Crippen LogP contribution is 2.09. The zero-order valence-electron chi connectivity index (χ0n) is 9.27. The molecule has 0 aliphatic carbocycles. The predicted octanol–water partition coefficient (Wildman–Crippen LogP) is 1.23. The third kappa shape index (κ3) is 3.67. The average molecular weight is 227 g/mol. The molecule has 0 aromatic carbocycles. The van der Waals surface area contributed by atoms with Crippen LogP contribution in [0.5, 0.6) is 0 Å². The Labute approximate surface area is 94.1 Å². The molecule has 1 atom stereocenters. The predicted molar refractivity (Wildman–Crippen MR) is 58.3 cm³/mol. The van der Waals surface area contributed by atoms with E-state index in [0.29, 0.717) is 25.3 Å². The van der Waals surface area contributed by atoms with Crippen molar-refractivity contribution in [3.63, 3.8) is 0 Å². The van der Waals surface area contributed by atoms with Crippen molar-refractivity contribution in [2.45, 2.75) is 32.4 Å². The lowest BCUT2D eigenvalue weighted by molar-refractivity contribution is 0.0694. The number of aliphatic hydroxyl groups is 1. The molecule has 1 rings (SSSR count). The van der Waals surface area contributed by atoms with E-state index in [2.05, 4.69) is 5.32 Å². The summed E-state index contributed by atoms with van der Waals surface area (Å²) in [5.41, 5.74) is 0.184. The van der Waals surface area contributed by atoms with E-state index in [1.807, 2.05) is 6.92 Å². The van der Waals surface area contributed by atoms with Crippen LogP contribution in [-0.4, -0.2) is 28.8 Å². The fraction of sp³-hybridized carbons (Fsp3) is 0.545. The monoisotopic (exact) mass is 227 g/mol. The van der Waals surface area contributed by atoms with Crippen LogP contribution in [0.4, 0.5) is 0 Å². The third-order valence-electron chi connectivity index (χ3n) is 2.39. The number of aromatic carboxylic acids is 1. The molecule has 1 aromatic rings. The molecule has 0 spiro atoms. The highest BCUT2D eigenvalue weighted by atomic mass is 16.4. The van der Waals surface area contributed by atoms with Crippen LogP contribution in [0.2, 0.25) is 0 Å². The number of carboxylic acids is 1. The van der Waals surface area contributed by atoms with Gasteiger partial charge in [0.1, 0.15) is 11.3 Å². The number of hydrogen-bond donors (Lipinski definition) is 3. The van der Waals surface area contributed by atoms with E-state index in [-0.39, 0.29) is 11.7 Å². The maximum Gasteiger partial charge on any atom is 0.339 e. The molecular formula is C11H17NO4. The minimum atomic E-state index is -0.987. The highest BCUT2D eigenvalue weighted by Gasteiger charge is 2.12. The Morgan fingerprint density at radius 2 is 2.38 bits per heavy atom. The molecule has 0 bridgehead atoms. The first kappa shape index (κ1) is 12.7. The van der Waals surface area contributed by atoms with E-state index in [9.17, 15) is 9.90 Å². The molecule has 5 nitrogen and oxygen atoms in total. The van der Waals surface area contributed by atoms with Gasteiger partial charge in [0, 0.05) is 0 Å². The number of carbonyl (C=O) groups is 1. The second-order valence-electron chi connectivity index (χ2n) is 3.59. The minimum absolute atomic E-state index is 0.184. The highest BCUT2D eigenvalue weighted by molar-refractivity contribution is 5.88. The van der Waals surface area contributed by atoms with Gasteiger partial charge in [-0.3, -0.25) is 0 Å². The Bertz CT molecular complexity index is 334. The summed E-state index contributed by atoms with van der Waals surface area (Å²) >= 11 is 0. The second-order valence-corrected chi connectivity index (χ2v) is 3.59. The van der Waals surface area contributed by atoms with Crippen molar-refractivity contribution in [2.24, 2.45) is 0 Å². The summed E-state index contributed by atoms with van der Waals surface area (Å²) in [5.74, 6) is -0.572. The van der Waals surface area contributed by atoms with Crippen molar-refractivity contribution < 1.29 is 19.4 Å². The first-order valence-corrected chi connectivity index (χ1v) is 5.33. The summed E-state index contributed by atoms with van der Waals surface area (Å²) in [6.07, 6.45) is 2.44. The second kappa shape index (κ2) is 6.30. The SMILES string of the molecule is CCC(O)CCNCc1occc1C(=O)O. The number of aliphatic hydroxyl groups excluding tert-OH is 1. The number of furan rings is 1. The van der Waals surface area contributed by atoms with Crippen LogP contribution in [0, 0.1) is 0 Å². The van der Waals surface area contributed by atoms with Gasteiger partial charge in [-0.2, -0.15) is 0 Å². The van der Waals surface area contributed by atoms with Gasteiger partial charge in [-0.15, -0.1) is 0 Å². The lowest BCUT2D eigenvalue weighted by atomic mass is 10.2. The Hall–Kier alpha value is -1.33. The van der Waals surface area contributed by atoms with Crippen molar-refractivity contribution in [1.29, 1.82) is 0 Å². The molecule has 0 amide bonds. The summed E-state index contributed by atoms with van der Waals surface area (Å²) in [6.45, 7) is 2.92. The van der Waals surface area contributed by atoms with Crippen LogP contribution < -0.4 is 5.32 Å². The van der Waals surface area contributed by atoms with Gasteiger partial charge < -0.3 is 19.9 Å². The van der Waals surface area contributed by atoms with Crippen molar-refractivity contribution in [2.75, 3.05) is 6.54 Å². The maximum atomic E-state index is 10.7. The molecular weight excluding hydrogens is 210 g/mol. The normalized spacial score (nSPS) is 12.6. The van der Waals surface area contributed by atoms with E-state index in [1.54, 1.807) is 0 Å². The van der Waals surface area contributed by atoms with Gasteiger partial charge in [-0.05, 0) is 25.5 Å². The summed E-state index contributed by atoms with van der Waals surface area (Å²) in [4.78, 5) is 10.7. The molecule has 0 saturated carbocycles. The summed E-state index contributed by atoms with van der Waals surface area (Å²) in [6, 6.07) is 1.43. The lowest BCUT2D eigenvalue weighted by Gasteiger charge is -2.07. The smallest absolute Gasteiger partial charge is 0.339 e. The van der Waals surface area contributed by atoms with Gasteiger partial charge in [-0.1, -0.05) is 6.92 Å². The van der Waals surface area contributed by atoms with Crippen molar-refractivity contribution >= 4 is 5.97 Å². The molecule has 5 heteroatoms. The molecule has 16 heavy (non-hydrogen) atoms. The van der Waals surface area contributed by atoms with Gasteiger partial charge in [-0.25, -0.2) is 4.79 Å². The topological polar surface area (TPSA) is 82.7 Å². The van der Waals surface area contributed by atoms with Gasteiger partial charge in [0.05, 0.1) is 18.9 Å². The molecule has 0 fully saturated rings. The van der Waals surface area contributed by atoms with Crippen LogP contribution in [-0.2, 0) is 6.54 Å². The lowest BCUT2D eigenvalue weighted by Crippen LogP contribution is -2.20. The van der Waals surface area contributed by atoms with E-state index in [4.69, 9.17) is 9.52 Å². The molecule has 1 heterocycles. The maximum absolute atomic E-state index is 10.7. The van der Waals surface area contributed by atoms with Crippen LogP contribution in [0.15, 0.2) is 16.7 Å². The third-order valence-corrected chi connectivity index (χ3v) is 2.39. The van der Waals surface area contributed by atoms with Crippen LogP contribution >= 0.6 is 0 Å². The van der Waals surface area contributed by atoms with E-state index in [1.165, 1.54) is 12.3 Å². The largest absolute Gasteiger partial charge is 0.478 e. The fourth-order valence-corrected chi connectivity index (χ4v) is 1.34. The van der Waals surface area contributed by atoms with Gasteiger partial charge >= 0.3 is 5.97 Å². The first-order valence-electron chi connectivity index (χ1n) is 5.33. The number of hydrogen-bond acceptors (Lipinski definition) is 4. The Morgan fingerprint density at radius 3 is 3.00 bits per heavy atom. The van der Waals surface area contributed by atoms with E-state index < -0.39 is 5.97 Å². The minimum Gasteiger partial charge on any atom is -0.478 e. The molecule has 0 saturated heterocycles. The zero-order valence-corrected chi connectivity index (χ0v) is 9.27. The average Bonchev–Trinajstić information content (AvgIpc) is 2.72. The van der Waals surface area contributed by atoms with Gasteiger partial charge in [0.2, 0.25) is 0 Å². The molecule has 0 aliphatic rings. The fourth-order valence-electron chi connectivity index (χ4n) is 1.34. The molecule has 1 unspecified atom stereocenters. The van der Waals surface area contributed by atoms with Gasteiger partial charge in [0.25, 0.3) is 0 Å². The quantitative estimate of drug-likeness (QED) is 0.610. The van der Waals surface area contributed by atoms with Crippen molar-refractivity contribution in [3.8, 4) is 0 Å². The Kier molecular flexibility index (Phi) is 5.01. The van der Waals surface area contributed by atoms with Crippen molar-refractivity contribution in [1.82, 2.24) is 5.32 Å². The Morgan fingerprint density at radius 1 is 1.62 bits per heavy atom. The molecule has 3 N–H and O–H groups in total. The van der Waals surface area contributed by atoms with E-state index in [0.717, 1.165) is 6.42 Å². The zero-order chi connectivity index (χ0) is 12.0. The number of rotatable bonds is 7. The van der Waals surface area contributed by atoms with Crippen LogP contribution in [0.3, 0.4) is 0 Å². The molecule has 90 valence electrons. The summed E-state index contributed by atoms with van der Waals surface area (Å²) < 4.78 is 5.05. The van der Waals surface area contributed by atoms with E-state index >= 15 is 0 Å². The van der Waals surface area contributed by atoms with Crippen LogP contribution in [0.1, 0.15) is 35.9 Å². The molecule has 0 aliphatic heterocycles.